The van der Waals surface area contributed by atoms with Crippen LogP contribution in [0.3, 0.4) is 0 Å². The Hall–Kier alpha value is -1.87. The number of nitrogens with zero attached hydrogens (tertiary/aromatic N) is 3. The fraction of sp³-hybridized carbons (Fsp3) is 0.333. The molecule has 6 heteroatoms. The lowest BCUT2D eigenvalue weighted by molar-refractivity contribution is -0.117. The molecule has 0 aliphatic carbocycles. The molecule has 0 bridgehead atoms. The van der Waals surface area contributed by atoms with Gasteiger partial charge in [0, 0.05) is 31.3 Å². The van der Waals surface area contributed by atoms with Crippen LogP contribution in [-0.4, -0.2) is 27.8 Å². The minimum atomic E-state index is -0.0362. The van der Waals surface area contributed by atoms with Crippen molar-refractivity contribution < 1.29 is 9.59 Å². The van der Waals surface area contributed by atoms with Gasteiger partial charge in [0.1, 0.15) is 11.9 Å². The highest BCUT2D eigenvalue weighted by molar-refractivity contribution is 8.14. The number of anilines is 1. The Kier molecular flexibility index (Phi) is 3.63. The normalized spacial score (nSPS) is 18.8. The van der Waals surface area contributed by atoms with Gasteiger partial charge >= 0.3 is 0 Å². The molecular weight excluding hydrogens is 250 g/mol. The molecule has 1 fully saturated rings. The predicted octanol–water partition coefficient (Wildman–Crippen LogP) is 1.34. The van der Waals surface area contributed by atoms with Crippen LogP contribution in [0.5, 0.6) is 0 Å². The highest BCUT2D eigenvalue weighted by Crippen LogP contribution is 2.27. The van der Waals surface area contributed by atoms with E-state index in [4.69, 9.17) is 5.26 Å². The number of carbonyl (C=O) groups excluding carboxylic acids is 2. The SMILES string of the molecule is CC(=O)SC1CC(=O)N(c2ccc(C#N)cn2)C1. The van der Waals surface area contributed by atoms with E-state index in [-0.39, 0.29) is 16.3 Å². The van der Waals surface area contributed by atoms with E-state index in [2.05, 4.69) is 4.98 Å². The van der Waals surface area contributed by atoms with Crippen LogP contribution in [0.15, 0.2) is 18.3 Å². The second-order valence-electron chi connectivity index (χ2n) is 3.96. The summed E-state index contributed by atoms with van der Waals surface area (Å²) in [6.45, 7) is 1.99. The average Bonchev–Trinajstić information content (AvgIpc) is 2.69. The van der Waals surface area contributed by atoms with Crippen LogP contribution in [0.4, 0.5) is 5.82 Å². The van der Waals surface area contributed by atoms with Gasteiger partial charge in [0.05, 0.1) is 5.56 Å². The number of aromatic nitrogens is 1. The van der Waals surface area contributed by atoms with E-state index in [1.807, 2.05) is 6.07 Å². The quantitative estimate of drug-likeness (QED) is 0.803. The van der Waals surface area contributed by atoms with Crippen LogP contribution in [-0.2, 0) is 9.59 Å². The van der Waals surface area contributed by atoms with Gasteiger partial charge < -0.3 is 0 Å². The highest BCUT2D eigenvalue weighted by Gasteiger charge is 2.32. The van der Waals surface area contributed by atoms with Crippen LogP contribution in [0, 0.1) is 11.3 Å². The number of nitriles is 1. The maximum absolute atomic E-state index is 11.8. The number of pyridine rings is 1. The van der Waals surface area contributed by atoms with Gasteiger partial charge in [-0.15, -0.1) is 0 Å². The molecule has 0 spiro atoms. The maximum atomic E-state index is 11.8. The van der Waals surface area contributed by atoms with Gasteiger partial charge in [0.15, 0.2) is 5.12 Å². The lowest BCUT2D eigenvalue weighted by atomic mass is 10.3. The van der Waals surface area contributed by atoms with Crippen LogP contribution in [0.2, 0.25) is 0 Å². The van der Waals surface area contributed by atoms with E-state index >= 15 is 0 Å². The molecule has 1 aliphatic heterocycles. The molecule has 2 rings (SSSR count). The molecule has 0 aromatic carbocycles. The summed E-state index contributed by atoms with van der Waals surface area (Å²) in [5, 5.41) is 8.68. The van der Waals surface area contributed by atoms with Crippen molar-refractivity contribution in [3.05, 3.63) is 23.9 Å². The van der Waals surface area contributed by atoms with E-state index in [1.54, 1.807) is 17.0 Å². The Balaban J connectivity index is 2.11. The van der Waals surface area contributed by atoms with Crippen molar-refractivity contribution in [2.24, 2.45) is 0 Å². The number of amides is 1. The lowest BCUT2D eigenvalue weighted by Crippen LogP contribution is -2.25. The lowest BCUT2D eigenvalue weighted by Gasteiger charge is -2.14. The zero-order valence-corrected chi connectivity index (χ0v) is 10.6. The standard InChI is InChI=1S/C12H11N3O2S/c1-8(16)18-10-4-12(17)15(7-10)11-3-2-9(5-13)6-14-11/h2-3,6,10H,4,7H2,1H3. The molecule has 18 heavy (non-hydrogen) atoms. The zero-order chi connectivity index (χ0) is 13.1. The minimum absolute atomic E-state index is 0.00700. The first-order valence-electron chi connectivity index (χ1n) is 5.44. The fourth-order valence-electron chi connectivity index (χ4n) is 1.82. The number of hydrogen-bond donors (Lipinski definition) is 0. The first-order chi connectivity index (χ1) is 8.60. The third-order valence-electron chi connectivity index (χ3n) is 2.58. The van der Waals surface area contributed by atoms with Crippen molar-refractivity contribution in [3.63, 3.8) is 0 Å². The van der Waals surface area contributed by atoms with Crippen LogP contribution >= 0.6 is 11.8 Å². The molecule has 1 aliphatic rings. The van der Waals surface area contributed by atoms with Gasteiger partial charge in [-0.25, -0.2) is 4.98 Å². The van der Waals surface area contributed by atoms with E-state index in [0.29, 0.717) is 24.3 Å². The van der Waals surface area contributed by atoms with E-state index < -0.39 is 0 Å². The molecule has 2 heterocycles. The number of thioether (sulfide) groups is 1. The fourth-order valence-corrected chi connectivity index (χ4v) is 2.74. The summed E-state index contributed by atoms with van der Waals surface area (Å²) in [5.74, 6) is 0.497. The van der Waals surface area contributed by atoms with E-state index in [9.17, 15) is 9.59 Å². The van der Waals surface area contributed by atoms with E-state index in [1.165, 1.54) is 24.9 Å². The first-order valence-corrected chi connectivity index (χ1v) is 6.32. The summed E-state index contributed by atoms with van der Waals surface area (Å²) >= 11 is 1.19. The van der Waals surface area contributed by atoms with Crippen molar-refractivity contribution in [2.75, 3.05) is 11.4 Å². The summed E-state index contributed by atoms with van der Waals surface area (Å²) in [5.41, 5.74) is 0.458. The van der Waals surface area contributed by atoms with Gasteiger partial charge in [-0.3, -0.25) is 14.5 Å². The Morgan fingerprint density at radius 1 is 1.61 bits per heavy atom. The van der Waals surface area contributed by atoms with Crippen molar-refractivity contribution in [3.8, 4) is 6.07 Å². The Morgan fingerprint density at radius 2 is 2.39 bits per heavy atom. The third kappa shape index (κ3) is 2.68. The second-order valence-corrected chi connectivity index (χ2v) is 5.43. The first kappa shape index (κ1) is 12.6. The van der Waals surface area contributed by atoms with Crippen molar-refractivity contribution in [1.82, 2.24) is 4.98 Å². The molecule has 0 N–H and O–H groups in total. The van der Waals surface area contributed by atoms with Gasteiger partial charge in [-0.05, 0) is 12.1 Å². The van der Waals surface area contributed by atoms with Gasteiger partial charge in [0.2, 0.25) is 5.91 Å². The van der Waals surface area contributed by atoms with Gasteiger partial charge in [-0.1, -0.05) is 11.8 Å². The smallest absolute Gasteiger partial charge is 0.229 e. The van der Waals surface area contributed by atoms with Crippen molar-refractivity contribution >= 4 is 28.6 Å². The molecule has 0 radical (unpaired) electrons. The molecule has 0 saturated carbocycles. The summed E-state index contributed by atoms with van der Waals surface area (Å²) in [6.07, 6.45) is 1.79. The van der Waals surface area contributed by atoms with E-state index in [0.717, 1.165) is 0 Å². The van der Waals surface area contributed by atoms with Gasteiger partial charge in [-0.2, -0.15) is 5.26 Å². The average molecular weight is 261 g/mol. The number of carbonyl (C=O) groups is 2. The molecule has 92 valence electrons. The zero-order valence-electron chi connectivity index (χ0n) is 9.79. The Bertz CT molecular complexity index is 521. The Labute approximate surface area is 109 Å². The van der Waals surface area contributed by atoms with Crippen molar-refractivity contribution in [2.45, 2.75) is 18.6 Å². The summed E-state index contributed by atoms with van der Waals surface area (Å²) in [4.78, 5) is 28.5. The predicted molar refractivity (Wildman–Crippen MR) is 68.0 cm³/mol. The van der Waals surface area contributed by atoms with Crippen LogP contribution in [0.25, 0.3) is 0 Å². The van der Waals surface area contributed by atoms with Crippen molar-refractivity contribution in [1.29, 1.82) is 5.26 Å². The largest absolute Gasteiger partial charge is 0.296 e. The summed E-state index contributed by atoms with van der Waals surface area (Å²) in [7, 11) is 0. The summed E-state index contributed by atoms with van der Waals surface area (Å²) < 4.78 is 0. The number of hydrogen-bond acceptors (Lipinski definition) is 5. The number of rotatable bonds is 2. The summed E-state index contributed by atoms with van der Waals surface area (Å²) in [6, 6.07) is 5.25. The minimum Gasteiger partial charge on any atom is -0.296 e. The monoisotopic (exact) mass is 261 g/mol. The molecule has 1 amide bonds. The molecule has 1 aromatic rings. The Morgan fingerprint density at radius 3 is 2.94 bits per heavy atom. The molecular formula is C12H11N3O2S. The molecule has 5 nitrogen and oxygen atoms in total. The maximum Gasteiger partial charge on any atom is 0.229 e. The van der Waals surface area contributed by atoms with Crippen LogP contribution in [0.1, 0.15) is 18.9 Å². The van der Waals surface area contributed by atoms with Gasteiger partial charge in [0.25, 0.3) is 0 Å². The molecule has 1 unspecified atom stereocenters. The van der Waals surface area contributed by atoms with Crippen LogP contribution < -0.4 is 4.90 Å². The second kappa shape index (κ2) is 5.19. The third-order valence-corrected chi connectivity index (χ3v) is 3.56. The molecule has 1 atom stereocenters. The highest BCUT2D eigenvalue weighted by atomic mass is 32.2. The molecule has 1 aromatic heterocycles. The topological polar surface area (TPSA) is 74.1 Å². The molecule has 1 saturated heterocycles.